The van der Waals surface area contributed by atoms with Crippen LogP contribution in [0.4, 0.5) is 0 Å². The molecule has 3 heterocycles. The average molecular weight is 372 g/mol. The first kappa shape index (κ1) is 18.4. The predicted octanol–water partition coefficient (Wildman–Crippen LogP) is 1.99. The normalized spacial score (nSPS) is 31.9. The third-order valence-electron chi connectivity index (χ3n) is 6.70. The second-order valence-electron chi connectivity index (χ2n) is 8.39. The van der Waals surface area contributed by atoms with Crippen LogP contribution in [0, 0.1) is 25.7 Å². The van der Waals surface area contributed by atoms with Crippen LogP contribution < -0.4 is 5.32 Å². The third kappa shape index (κ3) is 3.25. The largest absolute Gasteiger partial charge is 0.481 e. The van der Waals surface area contributed by atoms with E-state index in [4.69, 9.17) is 9.84 Å². The minimum atomic E-state index is -0.757. The number of amides is 1. The molecule has 1 spiro atoms. The zero-order valence-electron chi connectivity index (χ0n) is 16.0. The molecule has 1 aromatic carbocycles. The number of rotatable bonds is 6. The maximum absolute atomic E-state index is 12.8. The number of hydrogen-bond acceptors (Lipinski definition) is 4. The minimum absolute atomic E-state index is 0.0110. The van der Waals surface area contributed by atoms with Crippen molar-refractivity contribution in [2.45, 2.75) is 44.8 Å². The summed E-state index contributed by atoms with van der Waals surface area (Å²) in [7, 11) is 0. The summed E-state index contributed by atoms with van der Waals surface area (Å²) in [5.41, 5.74) is 2.63. The van der Waals surface area contributed by atoms with E-state index in [1.807, 2.05) is 32.0 Å². The number of benzene rings is 1. The van der Waals surface area contributed by atoms with Crippen molar-refractivity contribution in [3.63, 3.8) is 0 Å². The van der Waals surface area contributed by atoms with Crippen LogP contribution in [0.1, 0.15) is 40.7 Å². The molecule has 3 fully saturated rings. The number of ether oxygens (including phenoxy) is 1. The highest BCUT2D eigenvalue weighted by atomic mass is 16.5. The Kier molecular flexibility index (Phi) is 4.72. The van der Waals surface area contributed by atoms with Gasteiger partial charge in [0.25, 0.3) is 5.91 Å². The standard InChI is InChI=1S/C21H28N2O4/c1-13-4-3-5-14(2)19(13)20(26)22-10-15-16-11-23(9-7-18(24)25)12-21(16)8-6-17(15)27-21/h3-5,15-17H,6-12H2,1-2H3,(H,22,26)(H,24,25)/t15-,16+,17+,21+/m0/s1. The summed E-state index contributed by atoms with van der Waals surface area (Å²) in [6, 6.07) is 5.91. The van der Waals surface area contributed by atoms with E-state index in [9.17, 15) is 9.59 Å². The van der Waals surface area contributed by atoms with Crippen LogP contribution in [0.25, 0.3) is 0 Å². The van der Waals surface area contributed by atoms with Gasteiger partial charge in [-0.05, 0) is 37.8 Å². The molecule has 27 heavy (non-hydrogen) atoms. The fourth-order valence-electron chi connectivity index (χ4n) is 5.46. The zero-order valence-corrected chi connectivity index (χ0v) is 16.0. The first-order valence-electron chi connectivity index (χ1n) is 9.86. The van der Waals surface area contributed by atoms with Crippen LogP contribution in [0.3, 0.4) is 0 Å². The SMILES string of the molecule is Cc1cccc(C)c1C(=O)NC[C@H]1[C@H]2CN(CCC(=O)O)C[C@]23CC[C@H]1O3. The van der Waals surface area contributed by atoms with Crippen molar-refractivity contribution in [2.24, 2.45) is 11.8 Å². The topological polar surface area (TPSA) is 78.9 Å². The van der Waals surface area contributed by atoms with Crippen molar-refractivity contribution in [1.29, 1.82) is 0 Å². The number of aryl methyl sites for hydroxylation is 2. The Hall–Kier alpha value is -1.92. The molecule has 3 aliphatic heterocycles. The molecule has 0 aromatic heterocycles. The summed E-state index contributed by atoms with van der Waals surface area (Å²) in [5, 5.41) is 12.1. The van der Waals surface area contributed by atoms with Crippen molar-refractivity contribution in [3.05, 3.63) is 34.9 Å². The van der Waals surface area contributed by atoms with Gasteiger partial charge in [-0.15, -0.1) is 0 Å². The quantitative estimate of drug-likeness (QED) is 0.798. The van der Waals surface area contributed by atoms with Gasteiger partial charge in [-0.1, -0.05) is 18.2 Å². The number of aliphatic carboxylic acids is 1. The highest BCUT2D eigenvalue weighted by Crippen LogP contribution is 2.54. The molecule has 146 valence electrons. The Morgan fingerprint density at radius 1 is 1.33 bits per heavy atom. The fourth-order valence-corrected chi connectivity index (χ4v) is 5.46. The zero-order chi connectivity index (χ0) is 19.2. The van der Waals surface area contributed by atoms with Crippen molar-refractivity contribution in [1.82, 2.24) is 10.2 Å². The number of nitrogens with one attached hydrogen (secondary N) is 1. The molecule has 2 bridgehead atoms. The first-order valence-corrected chi connectivity index (χ1v) is 9.86. The molecule has 3 saturated heterocycles. The summed E-state index contributed by atoms with van der Waals surface area (Å²) in [6.07, 6.45) is 2.47. The second kappa shape index (κ2) is 6.91. The lowest BCUT2D eigenvalue weighted by atomic mass is 9.73. The van der Waals surface area contributed by atoms with E-state index in [0.29, 0.717) is 24.9 Å². The van der Waals surface area contributed by atoms with Crippen LogP contribution in [0.2, 0.25) is 0 Å². The molecule has 3 aliphatic rings. The third-order valence-corrected chi connectivity index (χ3v) is 6.70. The van der Waals surface area contributed by atoms with Crippen LogP contribution in [0.5, 0.6) is 0 Å². The summed E-state index contributed by atoms with van der Waals surface area (Å²) in [5.74, 6) is -0.0829. The molecular formula is C21H28N2O4. The Bertz CT molecular complexity index is 744. The number of carbonyl (C=O) groups is 2. The molecular weight excluding hydrogens is 344 g/mol. The predicted molar refractivity (Wildman–Crippen MR) is 101 cm³/mol. The van der Waals surface area contributed by atoms with Gasteiger partial charge in [0, 0.05) is 43.6 Å². The minimum Gasteiger partial charge on any atom is -0.481 e. The number of carbonyl (C=O) groups excluding carboxylic acids is 1. The maximum Gasteiger partial charge on any atom is 0.304 e. The Morgan fingerprint density at radius 3 is 2.78 bits per heavy atom. The Labute approximate surface area is 159 Å². The maximum atomic E-state index is 12.8. The van der Waals surface area contributed by atoms with Crippen LogP contribution >= 0.6 is 0 Å². The van der Waals surface area contributed by atoms with E-state index in [-0.39, 0.29) is 24.0 Å². The summed E-state index contributed by atoms with van der Waals surface area (Å²) < 4.78 is 6.38. The number of hydrogen-bond donors (Lipinski definition) is 2. The number of carboxylic acids is 1. The van der Waals surface area contributed by atoms with Gasteiger partial charge in [0.1, 0.15) is 0 Å². The number of fused-ring (bicyclic) bond motifs is 1. The lowest BCUT2D eigenvalue weighted by molar-refractivity contribution is -0.137. The molecule has 0 radical (unpaired) electrons. The smallest absolute Gasteiger partial charge is 0.304 e. The van der Waals surface area contributed by atoms with E-state index in [2.05, 4.69) is 10.2 Å². The summed E-state index contributed by atoms with van der Waals surface area (Å²) in [6.45, 7) is 6.82. The van der Waals surface area contributed by atoms with Gasteiger partial charge in [0.2, 0.25) is 0 Å². The van der Waals surface area contributed by atoms with Crippen molar-refractivity contribution in [2.75, 3.05) is 26.2 Å². The van der Waals surface area contributed by atoms with Crippen molar-refractivity contribution < 1.29 is 19.4 Å². The van der Waals surface area contributed by atoms with Crippen molar-refractivity contribution >= 4 is 11.9 Å². The molecule has 0 saturated carbocycles. The van der Waals surface area contributed by atoms with Gasteiger partial charge in [-0.3, -0.25) is 14.5 Å². The molecule has 1 amide bonds. The number of likely N-dealkylation sites (tertiary alicyclic amines) is 1. The lowest BCUT2D eigenvalue weighted by Crippen LogP contribution is -2.42. The van der Waals surface area contributed by atoms with Gasteiger partial charge in [0.15, 0.2) is 0 Å². The van der Waals surface area contributed by atoms with Crippen LogP contribution in [0.15, 0.2) is 18.2 Å². The number of nitrogens with zero attached hydrogens (tertiary/aromatic N) is 1. The fraction of sp³-hybridized carbons (Fsp3) is 0.619. The summed E-state index contributed by atoms with van der Waals surface area (Å²) in [4.78, 5) is 25.9. The van der Waals surface area contributed by atoms with E-state index in [0.717, 1.165) is 42.6 Å². The molecule has 2 N–H and O–H groups in total. The van der Waals surface area contributed by atoms with Crippen LogP contribution in [-0.4, -0.2) is 59.8 Å². The van der Waals surface area contributed by atoms with E-state index in [1.165, 1.54) is 0 Å². The van der Waals surface area contributed by atoms with Gasteiger partial charge >= 0.3 is 5.97 Å². The van der Waals surface area contributed by atoms with E-state index >= 15 is 0 Å². The first-order chi connectivity index (χ1) is 12.9. The number of carboxylic acid groups (broad SMARTS) is 1. The van der Waals surface area contributed by atoms with Gasteiger partial charge in [0.05, 0.1) is 18.1 Å². The Balaban J connectivity index is 1.41. The molecule has 0 unspecified atom stereocenters. The molecule has 4 atom stereocenters. The monoisotopic (exact) mass is 372 g/mol. The van der Waals surface area contributed by atoms with Crippen molar-refractivity contribution in [3.8, 4) is 0 Å². The van der Waals surface area contributed by atoms with Crippen LogP contribution in [-0.2, 0) is 9.53 Å². The van der Waals surface area contributed by atoms with Gasteiger partial charge in [-0.25, -0.2) is 0 Å². The average Bonchev–Trinajstić information content (AvgIpc) is 3.26. The Morgan fingerprint density at radius 2 is 2.07 bits per heavy atom. The highest BCUT2D eigenvalue weighted by molar-refractivity contribution is 5.97. The van der Waals surface area contributed by atoms with E-state index < -0.39 is 5.97 Å². The van der Waals surface area contributed by atoms with Gasteiger partial charge < -0.3 is 15.2 Å². The molecule has 4 rings (SSSR count). The molecule has 0 aliphatic carbocycles. The lowest BCUT2D eigenvalue weighted by Gasteiger charge is -2.29. The highest BCUT2D eigenvalue weighted by Gasteiger charge is 2.62. The molecule has 6 nitrogen and oxygen atoms in total. The second-order valence-corrected chi connectivity index (χ2v) is 8.39. The van der Waals surface area contributed by atoms with Gasteiger partial charge in [-0.2, -0.15) is 0 Å². The summed E-state index contributed by atoms with van der Waals surface area (Å²) >= 11 is 0. The molecule has 1 aromatic rings. The van der Waals surface area contributed by atoms with E-state index in [1.54, 1.807) is 0 Å². The molecule has 6 heteroatoms.